The van der Waals surface area contributed by atoms with E-state index in [2.05, 4.69) is 55.2 Å². The highest BCUT2D eigenvalue weighted by Gasteiger charge is 1.94. The van der Waals surface area contributed by atoms with Gasteiger partial charge in [-0.1, -0.05) is 80.4 Å². The molecule has 2 aromatic rings. The lowest BCUT2D eigenvalue weighted by atomic mass is 10.1. The Bertz CT molecular complexity index is 527. The Morgan fingerprint density at radius 2 is 1.46 bits per heavy atom. The van der Waals surface area contributed by atoms with Crippen molar-refractivity contribution < 1.29 is 4.79 Å². The standard InChI is InChI=1S/C9H12.C7H6OS.C5H11N/c1-2-6-9-7-4-3-5-8-9;8-7(9)6-4-2-1-3-5-6;1-2-4-6-5-3-1/h3-5,7-8H,2,6H2,1H3;1-5H,(H,8,9);6H,1-5H2. The number of aryl methyl sites for hydroxylation is 1. The van der Waals surface area contributed by atoms with E-state index in [9.17, 15) is 4.79 Å². The highest BCUT2D eigenvalue weighted by Crippen LogP contribution is 2.01. The van der Waals surface area contributed by atoms with Gasteiger partial charge in [0, 0.05) is 5.56 Å². The fourth-order valence-corrected chi connectivity index (χ4v) is 2.46. The van der Waals surface area contributed by atoms with Crippen LogP contribution in [0.4, 0.5) is 0 Å². The van der Waals surface area contributed by atoms with Crippen LogP contribution in [0.2, 0.25) is 0 Å². The topological polar surface area (TPSA) is 29.1 Å². The molecule has 0 aliphatic carbocycles. The molecule has 0 radical (unpaired) electrons. The SMILES string of the molecule is C1CCNCC1.CCCc1ccccc1.O=C(S)c1ccccc1. The van der Waals surface area contributed by atoms with Gasteiger partial charge in [-0.15, -0.1) is 12.6 Å². The van der Waals surface area contributed by atoms with Crippen LogP contribution < -0.4 is 5.32 Å². The van der Waals surface area contributed by atoms with Crippen molar-refractivity contribution in [2.45, 2.75) is 39.0 Å². The molecule has 0 bridgehead atoms. The van der Waals surface area contributed by atoms with E-state index in [0.29, 0.717) is 5.56 Å². The predicted octanol–water partition coefficient (Wildman–Crippen LogP) is 5.16. The van der Waals surface area contributed by atoms with E-state index in [1.54, 1.807) is 12.1 Å². The quantitative estimate of drug-likeness (QED) is 0.754. The monoisotopic (exact) mass is 343 g/mol. The summed E-state index contributed by atoms with van der Waals surface area (Å²) >= 11 is 3.65. The van der Waals surface area contributed by atoms with Crippen LogP contribution in [0.3, 0.4) is 0 Å². The number of nitrogens with one attached hydrogen (secondary N) is 1. The summed E-state index contributed by atoms with van der Waals surface area (Å²) in [7, 11) is 0. The fourth-order valence-electron chi connectivity index (χ4n) is 2.32. The van der Waals surface area contributed by atoms with Gasteiger partial charge in [-0.05, 0) is 37.9 Å². The molecule has 3 heteroatoms. The van der Waals surface area contributed by atoms with Gasteiger partial charge < -0.3 is 5.32 Å². The Hall–Kier alpha value is -1.58. The number of carbonyl (C=O) groups excluding carboxylic acids is 1. The van der Waals surface area contributed by atoms with Crippen LogP contribution in [0.15, 0.2) is 60.7 Å². The second-order valence-corrected chi connectivity index (χ2v) is 6.12. The van der Waals surface area contributed by atoms with E-state index in [1.165, 1.54) is 50.8 Å². The largest absolute Gasteiger partial charge is 0.317 e. The molecule has 0 saturated carbocycles. The molecule has 1 aliphatic heterocycles. The van der Waals surface area contributed by atoms with Gasteiger partial charge in [-0.3, -0.25) is 4.79 Å². The zero-order chi connectivity index (χ0) is 17.5. The summed E-state index contributed by atoms with van der Waals surface area (Å²) in [5.74, 6) is 0. The van der Waals surface area contributed by atoms with E-state index in [1.807, 2.05) is 18.2 Å². The zero-order valence-electron chi connectivity index (χ0n) is 14.6. The molecular weight excluding hydrogens is 314 g/mol. The molecule has 0 spiro atoms. The highest BCUT2D eigenvalue weighted by atomic mass is 32.1. The molecule has 3 rings (SSSR count). The summed E-state index contributed by atoms with van der Waals surface area (Å²) in [6.45, 7) is 4.70. The summed E-state index contributed by atoms with van der Waals surface area (Å²) in [6, 6.07) is 19.5. The smallest absolute Gasteiger partial charge is 0.216 e. The Morgan fingerprint density at radius 3 is 1.79 bits per heavy atom. The number of benzene rings is 2. The zero-order valence-corrected chi connectivity index (χ0v) is 15.5. The Kier molecular flexibility index (Phi) is 11.8. The van der Waals surface area contributed by atoms with Crippen LogP contribution >= 0.6 is 12.6 Å². The summed E-state index contributed by atoms with van der Waals surface area (Å²) in [5, 5.41) is 3.10. The minimum atomic E-state index is -0.185. The predicted molar refractivity (Wildman–Crippen MR) is 107 cm³/mol. The van der Waals surface area contributed by atoms with Crippen molar-refractivity contribution in [1.82, 2.24) is 5.32 Å². The first-order valence-electron chi connectivity index (χ1n) is 8.77. The lowest BCUT2D eigenvalue weighted by Crippen LogP contribution is -2.21. The molecule has 1 heterocycles. The van der Waals surface area contributed by atoms with Crippen LogP contribution in [0.25, 0.3) is 0 Å². The van der Waals surface area contributed by atoms with E-state index in [0.717, 1.165) is 0 Å². The molecule has 24 heavy (non-hydrogen) atoms. The number of carbonyl (C=O) groups is 1. The fraction of sp³-hybridized carbons (Fsp3) is 0.381. The third kappa shape index (κ3) is 10.2. The van der Waals surface area contributed by atoms with Crippen molar-refractivity contribution in [3.63, 3.8) is 0 Å². The van der Waals surface area contributed by atoms with E-state index < -0.39 is 0 Å². The Balaban J connectivity index is 0.000000184. The molecular formula is C21H29NOS. The highest BCUT2D eigenvalue weighted by molar-refractivity contribution is 7.97. The average Bonchev–Trinajstić information content (AvgIpc) is 2.66. The van der Waals surface area contributed by atoms with E-state index in [4.69, 9.17) is 0 Å². The van der Waals surface area contributed by atoms with Crippen LogP contribution in [-0.4, -0.2) is 18.2 Å². The summed E-state index contributed by atoms with van der Waals surface area (Å²) in [4.78, 5) is 10.5. The third-order valence-corrected chi connectivity index (χ3v) is 3.87. The minimum absolute atomic E-state index is 0.185. The molecule has 1 fully saturated rings. The van der Waals surface area contributed by atoms with Crippen molar-refractivity contribution in [3.05, 3.63) is 71.8 Å². The van der Waals surface area contributed by atoms with Gasteiger partial charge in [-0.2, -0.15) is 0 Å². The van der Waals surface area contributed by atoms with Gasteiger partial charge >= 0.3 is 0 Å². The maximum Gasteiger partial charge on any atom is 0.216 e. The van der Waals surface area contributed by atoms with Gasteiger partial charge in [0.25, 0.3) is 0 Å². The van der Waals surface area contributed by atoms with Gasteiger partial charge in [0.15, 0.2) is 0 Å². The van der Waals surface area contributed by atoms with Gasteiger partial charge in [-0.25, -0.2) is 0 Å². The average molecular weight is 344 g/mol. The number of thiol groups is 1. The molecule has 0 amide bonds. The Labute approximate surface area is 152 Å². The second kappa shape index (κ2) is 13.8. The summed E-state index contributed by atoms with van der Waals surface area (Å²) in [6.07, 6.45) is 6.66. The summed E-state index contributed by atoms with van der Waals surface area (Å²) in [5.41, 5.74) is 2.08. The molecule has 0 unspecified atom stereocenters. The molecule has 1 N–H and O–H groups in total. The number of rotatable bonds is 3. The maximum atomic E-state index is 10.5. The van der Waals surface area contributed by atoms with Crippen LogP contribution in [0.1, 0.15) is 48.5 Å². The second-order valence-electron chi connectivity index (χ2n) is 5.72. The van der Waals surface area contributed by atoms with E-state index in [-0.39, 0.29) is 5.12 Å². The molecule has 2 nitrogen and oxygen atoms in total. The number of piperidine rings is 1. The normalized spacial score (nSPS) is 12.9. The van der Waals surface area contributed by atoms with Crippen molar-refractivity contribution >= 4 is 17.7 Å². The van der Waals surface area contributed by atoms with Crippen molar-refractivity contribution in [2.75, 3.05) is 13.1 Å². The van der Waals surface area contributed by atoms with Crippen LogP contribution in [-0.2, 0) is 6.42 Å². The number of hydrogen-bond donors (Lipinski definition) is 2. The van der Waals surface area contributed by atoms with E-state index >= 15 is 0 Å². The lowest BCUT2D eigenvalue weighted by molar-refractivity contribution is 0.109. The lowest BCUT2D eigenvalue weighted by Gasteiger charge is -2.08. The van der Waals surface area contributed by atoms with Gasteiger partial charge in [0.2, 0.25) is 5.12 Å². The molecule has 0 aromatic heterocycles. The summed E-state index contributed by atoms with van der Waals surface area (Å²) < 4.78 is 0. The molecule has 1 aliphatic rings. The molecule has 1 saturated heterocycles. The first-order chi connectivity index (χ1) is 11.7. The minimum Gasteiger partial charge on any atom is -0.317 e. The number of hydrogen-bond acceptors (Lipinski definition) is 2. The van der Waals surface area contributed by atoms with Crippen molar-refractivity contribution in [2.24, 2.45) is 0 Å². The van der Waals surface area contributed by atoms with Crippen molar-refractivity contribution in [1.29, 1.82) is 0 Å². The first kappa shape index (κ1) is 20.5. The van der Waals surface area contributed by atoms with Crippen LogP contribution in [0, 0.1) is 0 Å². The maximum absolute atomic E-state index is 10.5. The first-order valence-corrected chi connectivity index (χ1v) is 9.21. The van der Waals surface area contributed by atoms with Gasteiger partial charge in [0.1, 0.15) is 0 Å². The molecule has 0 atom stereocenters. The molecule has 2 aromatic carbocycles. The Morgan fingerprint density at radius 1 is 0.917 bits per heavy atom. The van der Waals surface area contributed by atoms with Crippen molar-refractivity contribution in [3.8, 4) is 0 Å². The molecule has 130 valence electrons. The van der Waals surface area contributed by atoms with Crippen LogP contribution in [0.5, 0.6) is 0 Å². The van der Waals surface area contributed by atoms with Gasteiger partial charge in [0.05, 0.1) is 0 Å². The third-order valence-electron chi connectivity index (χ3n) is 3.61.